The minimum absolute atomic E-state index is 0.00351. The summed E-state index contributed by atoms with van der Waals surface area (Å²) in [7, 11) is -13.3. The van der Waals surface area contributed by atoms with Crippen LogP contribution >= 0.6 is 22.6 Å². The molecule has 0 aliphatic carbocycles. The van der Waals surface area contributed by atoms with Crippen molar-refractivity contribution in [3.8, 4) is 23.0 Å². The molecule has 0 saturated carbocycles. The number of hydrogen-bond acceptors (Lipinski definition) is 37. The number of carbonyl (C=O) groups is 6. The van der Waals surface area contributed by atoms with E-state index in [4.69, 9.17) is 39.7 Å². The van der Waals surface area contributed by atoms with Gasteiger partial charge in [-0.2, -0.15) is 30.6 Å². The topological polar surface area (TPSA) is 668 Å². The number of nitro groups is 1. The van der Waals surface area contributed by atoms with Gasteiger partial charge in [0.1, 0.15) is 53.4 Å². The highest BCUT2D eigenvalue weighted by molar-refractivity contribution is 14.1. The largest absolute Gasteiger partial charge is 0.744 e. The number of ether oxygens (including phenoxy) is 4. The summed E-state index contributed by atoms with van der Waals surface area (Å²) in [5, 5.41) is 78.5. The molecule has 0 aliphatic heterocycles. The summed E-state index contributed by atoms with van der Waals surface area (Å²) < 4.78 is 157. The SMILES string of the molecule is C/C=N/Nc1ccc(OC)cc1C(=O)OC.C/C=N\Nc1ccc(OC)cc1C(=O)O.C/C=N\Nc1ccc(OC)cc1C(=O)O.O=C(O)c1cc(I)ccc1N/N=C/c1ccccc1S(=O)(=O)[O-].O=C(O)c1cc(OS(=O)(=O)[O-])ccc1N/N=C/c1ccccc1S(=O)(=O)[O-].O=C(O)c1cc([N+](=O)[O-])ccc1N/N=C/c1ccccc1S(=O)(=O)[O-]. The van der Waals surface area contributed by atoms with E-state index in [9.17, 15) is 90.8 Å². The van der Waals surface area contributed by atoms with Gasteiger partial charge in [0.2, 0.25) is 0 Å². The van der Waals surface area contributed by atoms with E-state index in [1.165, 1.54) is 114 Å². The number of hydrogen-bond donors (Lipinski definition) is 11. The summed E-state index contributed by atoms with van der Waals surface area (Å²) >= 11 is 1.98. The summed E-state index contributed by atoms with van der Waals surface area (Å²) in [4.78, 5) is 75.5. The monoisotopic (exact) mass is 1860 g/mol. The maximum absolute atomic E-state index is 11.5. The number of benzene rings is 9. The maximum Gasteiger partial charge on any atom is 0.340 e. The van der Waals surface area contributed by atoms with E-state index in [2.05, 4.69) is 72.1 Å². The number of nitrogens with zero attached hydrogens (tertiary/aromatic N) is 7. The number of anilines is 6. The summed E-state index contributed by atoms with van der Waals surface area (Å²) in [6.45, 7) is 5.24. The van der Waals surface area contributed by atoms with Crippen molar-refractivity contribution in [1.82, 2.24) is 0 Å². The minimum atomic E-state index is -5.08. The molecule has 0 fully saturated rings. The van der Waals surface area contributed by atoms with Crippen molar-refractivity contribution >= 4 is 176 Å². The van der Waals surface area contributed by atoms with Crippen molar-refractivity contribution in [2.45, 2.75) is 35.5 Å². The fourth-order valence-electron chi connectivity index (χ4n) is 8.92. The van der Waals surface area contributed by atoms with Gasteiger partial charge in [0, 0.05) is 51.0 Å². The molecule has 9 aromatic rings. The highest BCUT2D eigenvalue weighted by Crippen LogP contribution is 2.29. The van der Waals surface area contributed by atoms with Gasteiger partial charge < -0.3 is 66.9 Å². The van der Waals surface area contributed by atoms with E-state index in [0.29, 0.717) is 39.9 Å². The fourth-order valence-corrected chi connectivity index (χ4v) is 11.7. The van der Waals surface area contributed by atoms with E-state index < -0.39 is 119 Å². The third-order valence-electron chi connectivity index (χ3n) is 14.3. The van der Waals surface area contributed by atoms with Crippen LogP contribution in [-0.2, 0) is 45.5 Å². The molecule has 0 unspecified atom stereocenters. The van der Waals surface area contributed by atoms with E-state index in [1.54, 1.807) is 87.6 Å². The van der Waals surface area contributed by atoms with Gasteiger partial charge >= 0.3 is 35.8 Å². The predicted octanol–water partition coefficient (Wildman–Crippen LogP) is 10.1. The van der Waals surface area contributed by atoms with Crippen LogP contribution in [0, 0.1) is 13.7 Å². The number of carboxylic acids is 5. The van der Waals surface area contributed by atoms with Crippen molar-refractivity contribution in [2.75, 3.05) is 61.0 Å². The lowest BCUT2D eigenvalue weighted by atomic mass is 10.1. The van der Waals surface area contributed by atoms with E-state index in [0.717, 1.165) is 70.7 Å². The Morgan fingerprint density at radius 2 is 0.636 bits per heavy atom. The van der Waals surface area contributed by atoms with Gasteiger partial charge in [0.25, 0.3) is 16.1 Å². The Hall–Kier alpha value is -14.4. The summed E-state index contributed by atoms with van der Waals surface area (Å²) in [6.07, 6.45) is 7.83. The number of non-ortho nitro benzene ring substituents is 1. The molecule has 0 aromatic heterocycles. The quantitative estimate of drug-likeness (QED) is 0.00379. The number of hydrazone groups is 6. The Kier molecular flexibility index (Phi) is 39.0. The Bertz CT molecular complexity index is 5840. The van der Waals surface area contributed by atoms with Crippen LogP contribution < -0.4 is 50.9 Å². The van der Waals surface area contributed by atoms with Crippen molar-refractivity contribution in [3.63, 3.8) is 0 Å². The average molecular weight is 1860 g/mol. The van der Waals surface area contributed by atoms with Gasteiger partial charge in [0.05, 0.1) is 134 Å². The molecular weight excluding hydrogens is 1790 g/mol. The molecule has 0 heterocycles. The van der Waals surface area contributed by atoms with Crippen molar-refractivity contribution in [3.05, 3.63) is 246 Å². The van der Waals surface area contributed by atoms with Crippen LogP contribution in [0.25, 0.3) is 0 Å². The molecule has 0 atom stereocenters. The number of methoxy groups -OCH3 is 4. The van der Waals surface area contributed by atoms with Gasteiger partial charge in [0.15, 0.2) is 0 Å². The third kappa shape index (κ3) is 32.9. The molecule has 640 valence electrons. The van der Waals surface area contributed by atoms with E-state index >= 15 is 0 Å². The van der Waals surface area contributed by atoms with Crippen LogP contribution in [0.1, 0.15) is 99.6 Å². The van der Waals surface area contributed by atoms with Crippen LogP contribution in [0.15, 0.2) is 227 Å². The van der Waals surface area contributed by atoms with Gasteiger partial charge in [-0.3, -0.25) is 42.7 Å². The average Bonchev–Trinajstić information content (AvgIpc) is 0.840. The van der Waals surface area contributed by atoms with Gasteiger partial charge in [-0.25, -0.2) is 62.4 Å². The summed E-state index contributed by atoms with van der Waals surface area (Å²) in [6, 6.07) is 41.2. The molecule has 0 amide bonds. The summed E-state index contributed by atoms with van der Waals surface area (Å²) in [5.41, 5.74) is 16.2. The van der Waals surface area contributed by atoms with Crippen molar-refractivity contribution < 1.29 is 134 Å². The summed E-state index contributed by atoms with van der Waals surface area (Å²) in [5.74, 6) is -5.43. The zero-order valence-corrected chi connectivity index (χ0v) is 68.8. The first-order chi connectivity index (χ1) is 57.0. The number of aromatic carboxylic acids is 5. The highest BCUT2D eigenvalue weighted by atomic mass is 127. The number of carbonyl (C=O) groups excluding carboxylic acids is 1. The first-order valence-corrected chi connectivity index (χ1v) is 39.6. The molecule has 0 radical (unpaired) electrons. The molecule has 121 heavy (non-hydrogen) atoms. The molecule has 9 rings (SSSR count). The first kappa shape index (κ1) is 99.0. The van der Waals surface area contributed by atoms with Gasteiger partial charge in [-0.05, 0) is 159 Å². The fraction of sp³-hybridized carbons (Fsp3) is 0.0959. The lowest BCUT2D eigenvalue weighted by Crippen LogP contribution is -2.09. The van der Waals surface area contributed by atoms with E-state index in [-0.39, 0.29) is 50.4 Å². The first-order valence-electron chi connectivity index (χ1n) is 33.0. The zero-order chi connectivity index (χ0) is 90.4. The Balaban J connectivity index is 0.000000310. The van der Waals surface area contributed by atoms with E-state index in [1.807, 2.05) is 22.6 Å². The van der Waals surface area contributed by atoms with Crippen LogP contribution in [0.5, 0.6) is 23.0 Å². The Labute approximate surface area is 701 Å². The van der Waals surface area contributed by atoms with Gasteiger partial charge in [-0.15, -0.1) is 0 Å². The van der Waals surface area contributed by atoms with Crippen LogP contribution in [0.2, 0.25) is 0 Å². The predicted molar refractivity (Wildman–Crippen MR) is 444 cm³/mol. The zero-order valence-electron chi connectivity index (χ0n) is 63.4. The normalized spacial score (nSPS) is 11.1. The number of nitro benzene ring substituents is 1. The second-order valence-electron chi connectivity index (χ2n) is 22.2. The number of nitrogens with one attached hydrogen (secondary N) is 6. The molecule has 0 saturated heterocycles. The Morgan fingerprint density at radius 1 is 0.372 bits per heavy atom. The van der Waals surface area contributed by atoms with Crippen molar-refractivity contribution in [2.24, 2.45) is 30.6 Å². The molecule has 0 spiro atoms. The second-order valence-corrected chi connectivity index (χ2v) is 28.5. The number of halogens is 1. The standard InChI is InChI=1S/C14H11IN2O5S.C14H11N3O7S.C14H12N2O9S2.C11H14N2O3.2C10H12N2O3/c15-10-5-6-12(11(7-10)14(18)19)17-16-8-9-3-1-2-4-13(9)23(20,21)22;18-14(19)11-7-10(17(20)21)5-6-12(11)16-15-8-9-3-1-2-4-13(9)25(22,23)24;17-14(18)11-7-10(25-27(22,23)24)5-6-12(11)16-15-8-9-3-1-2-4-13(9)26(19,20)21;1-4-12-13-10-6-5-8(15-2)7-9(10)11(14)16-3;2*1-3-11-12-9-5-4-7(15-2)6-8(9)10(13)14/h1-8,17H,(H,18,19)(H,20,21,22);1-8,16H,(H,18,19)(H,22,23,24);1-8,16H,(H,17,18)(H,19,20,21)(H,22,23,24);4-7,13H,1-3H3;2*3-6,12H,1-2H3,(H,13,14)/p-4/b16-8+;2*15-8+;12-4+;2*11-3-. The molecule has 11 N–H and O–H groups in total. The van der Waals surface area contributed by atoms with Crippen LogP contribution in [-0.4, -0.2) is 184 Å². The number of rotatable bonds is 30. The number of carboxylic acid groups (broad SMARTS) is 5. The lowest BCUT2D eigenvalue weighted by molar-refractivity contribution is -0.384. The van der Waals surface area contributed by atoms with Crippen LogP contribution in [0.4, 0.5) is 39.8 Å². The van der Waals surface area contributed by atoms with Crippen molar-refractivity contribution in [1.29, 1.82) is 0 Å². The minimum Gasteiger partial charge on any atom is -0.744 e. The maximum atomic E-state index is 11.5. The Morgan fingerprint density at radius 3 is 0.926 bits per heavy atom. The number of esters is 1. The molecule has 43 nitrogen and oxygen atoms in total. The smallest absolute Gasteiger partial charge is 0.340 e. The second kappa shape index (κ2) is 47.7. The highest BCUT2D eigenvalue weighted by Gasteiger charge is 2.20. The molecule has 0 bridgehead atoms. The molecule has 48 heteroatoms. The van der Waals surface area contributed by atoms with Crippen LogP contribution in [0.3, 0.4) is 0 Å². The molecular formula is C73H68IN13O30S4-4. The third-order valence-corrected chi connectivity index (χ3v) is 18.1. The molecule has 0 aliphatic rings. The lowest BCUT2D eigenvalue weighted by Gasteiger charge is -2.12. The molecule has 9 aromatic carbocycles. The van der Waals surface area contributed by atoms with Gasteiger partial charge in [-0.1, -0.05) is 54.6 Å².